The predicted molar refractivity (Wildman–Crippen MR) is 67.1 cm³/mol. The first-order valence-corrected chi connectivity index (χ1v) is 7.87. The maximum Gasteiger partial charge on any atom is 0.433 e. The minimum Gasteiger partial charge on any atom is -0.372 e. The van der Waals surface area contributed by atoms with Gasteiger partial charge in [-0.1, -0.05) is 6.07 Å². The van der Waals surface area contributed by atoms with Crippen LogP contribution >= 0.6 is 0 Å². The van der Waals surface area contributed by atoms with Crippen LogP contribution in [0.4, 0.5) is 13.2 Å². The molecular formula is C12H14F3NO4S. The van der Waals surface area contributed by atoms with Crippen LogP contribution in [0.2, 0.25) is 0 Å². The topological polar surface area (TPSA) is 76.5 Å². The molecule has 0 amide bonds. The number of hydrogen-bond acceptors (Lipinski definition) is 4. The fraction of sp³-hybridized carbons (Fsp3) is 0.583. The van der Waals surface area contributed by atoms with Crippen molar-refractivity contribution in [1.82, 2.24) is 4.98 Å². The van der Waals surface area contributed by atoms with E-state index in [4.69, 9.17) is 9.29 Å². The highest BCUT2D eigenvalue weighted by molar-refractivity contribution is 7.85. The SMILES string of the molecule is O=S(=O)(O)CC1CCOC(c2cccc(C(F)(F)F)n2)C1. The van der Waals surface area contributed by atoms with Crippen LogP contribution in [-0.4, -0.2) is 30.3 Å². The molecule has 2 unspecified atom stereocenters. The molecule has 2 atom stereocenters. The molecule has 2 heterocycles. The zero-order valence-electron chi connectivity index (χ0n) is 10.9. The van der Waals surface area contributed by atoms with Crippen molar-refractivity contribution in [1.29, 1.82) is 0 Å². The van der Waals surface area contributed by atoms with Crippen LogP contribution in [0.15, 0.2) is 18.2 Å². The molecule has 0 aromatic carbocycles. The number of pyridine rings is 1. The molecule has 2 rings (SSSR count). The van der Waals surface area contributed by atoms with Crippen LogP contribution in [0.1, 0.15) is 30.3 Å². The number of aromatic nitrogens is 1. The van der Waals surface area contributed by atoms with Gasteiger partial charge in [-0.05, 0) is 30.9 Å². The van der Waals surface area contributed by atoms with E-state index in [0.29, 0.717) is 6.42 Å². The van der Waals surface area contributed by atoms with E-state index in [1.54, 1.807) is 0 Å². The fourth-order valence-corrected chi connectivity index (χ4v) is 3.21. The quantitative estimate of drug-likeness (QED) is 0.864. The van der Waals surface area contributed by atoms with Gasteiger partial charge >= 0.3 is 6.18 Å². The molecular weight excluding hydrogens is 311 g/mol. The van der Waals surface area contributed by atoms with Crippen molar-refractivity contribution in [3.63, 3.8) is 0 Å². The monoisotopic (exact) mass is 325 g/mol. The number of nitrogens with zero attached hydrogens (tertiary/aromatic N) is 1. The minimum atomic E-state index is -4.54. The molecule has 9 heteroatoms. The van der Waals surface area contributed by atoms with Gasteiger partial charge in [0.1, 0.15) is 5.69 Å². The van der Waals surface area contributed by atoms with Crippen molar-refractivity contribution in [2.45, 2.75) is 25.1 Å². The normalized spacial score (nSPS) is 24.0. The molecule has 1 aliphatic heterocycles. The molecule has 1 aromatic rings. The van der Waals surface area contributed by atoms with Gasteiger partial charge in [0.05, 0.1) is 17.6 Å². The van der Waals surface area contributed by atoms with Crippen LogP contribution in [-0.2, 0) is 21.0 Å². The van der Waals surface area contributed by atoms with E-state index >= 15 is 0 Å². The fourth-order valence-electron chi connectivity index (χ4n) is 2.31. The summed E-state index contributed by atoms with van der Waals surface area (Å²) in [6.07, 6.45) is -4.62. The van der Waals surface area contributed by atoms with E-state index in [2.05, 4.69) is 4.98 Å². The third-order valence-corrected chi connectivity index (χ3v) is 4.12. The van der Waals surface area contributed by atoms with Crippen molar-refractivity contribution in [3.8, 4) is 0 Å². The Kier molecular flexibility index (Phi) is 4.54. The van der Waals surface area contributed by atoms with Crippen molar-refractivity contribution in [2.75, 3.05) is 12.4 Å². The molecule has 0 aliphatic carbocycles. The van der Waals surface area contributed by atoms with Crippen molar-refractivity contribution in [3.05, 3.63) is 29.6 Å². The van der Waals surface area contributed by atoms with Gasteiger partial charge in [0.2, 0.25) is 0 Å². The summed E-state index contributed by atoms with van der Waals surface area (Å²) in [5.74, 6) is -0.790. The van der Waals surface area contributed by atoms with Gasteiger partial charge in [0.15, 0.2) is 0 Å². The Morgan fingerprint density at radius 1 is 1.38 bits per heavy atom. The maximum absolute atomic E-state index is 12.6. The summed E-state index contributed by atoms with van der Waals surface area (Å²) in [6, 6.07) is 3.51. The first kappa shape index (κ1) is 16.2. The van der Waals surface area contributed by atoms with Crippen molar-refractivity contribution >= 4 is 10.1 Å². The van der Waals surface area contributed by atoms with E-state index in [0.717, 1.165) is 6.07 Å². The highest BCUT2D eigenvalue weighted by Gasteiger charge is 2.34. The predicted octanol–water partition coefficient (Wildman–Crippen LogP) is 2.46. The summed E-state index contributed by atoms with van der Waals surface area (Å²) in [5, 5.41) is 0. The van der Waals surface area contributed by atoms with Gasteiger partial charge in [-0.15, -0.1) is 0 Å². The summed E-state index contributed by atoms with van der Waals surface area (Å²) in [7, 11) is -4.12. The second-order valence-corrected chi connectivity index (χ2v) is 6.44. The minimum absolute atomic E-state index is 0.116. The Hall–Kier alpha value is -1.19. The van der Waals surface area contributed by atoms with Gasteiger partial charge in [-0.2, -0.15) is 21.6 Å². The highest BCUT2D eigenvalue weighted by atomic mass is 32.2. The number of hydrogen-bond donors (Lipinski definition) is 1. The lowest BCUT2D eigenvalue weighted by Gasteiger charge is -2.28. The number of alkyl halides is 3. The third-order valence-electron chi connectivity index (χ3n) is 3.23. The van der Waals surface area contributed by atoms with E-state index in [1.807, 2.05) is 0 Å². The van der Waals surface area contributed by atoms with Crippen LogP contribution in [0.25, 0.3) is 0 Å². The number of halogens is 3. The Morgan fingerprint density at radius 3 is 2.71 bits per heavy atom. The molecule has 1 N–H and O–H groups in total. The molecule has 1 fully saturated rings. The molecule has 1 aliphatic rings. The van der Waals surface area contributed by atoms with Gasteiger partial charge in [0, 0.05) is 6.61 Å². The molecule has 0 radical (unpaired) electrons. The summed E-state index contributed by atoms with van der Waals surface area (Å²) in [5.41, 5.74) is -0.898. The average Bonchev–Trinajstić information content (AvgIpc) is 2.36. The van der Waals surface area contributed by atoms with Gasteiger partial charge in [-0.25, -0.2) is 4.98 Å². The largest absolute Gasteiger partial charge is 0.433 e. The Labute approximate surface area is 119 Å². The van der Waals surface area contributed by atoms with E-state index in [1.165, 1.54) is 12.1 Å². The Morgan fingerprint density at radius 2 is 2.10 bits per heavy atom. The lowest BCUT2D eigenvalue weighted by atomic mass is 9.95. The molecule has 5 nitrogen and oxygen atoms in total. The van der Waals surface area contributed by atoms with Gasteiger partial charge < -0.3 is 4.74 Å². The lowest BCUT2D eigenvalue weighted by Crippen LogP contribution is -2.26. The smallest absolute Gasteiger partial charge is 0.372 e. The number of ether oxygens (including phenoxy) is 1. The van der Waals surface area contributed by atoms with Crippen LogP contribution in [0.5, 0.6) is 0 Å². The standard InChI is InChI=1S/C12H14F3NO4S/c13-12(14,15)11-3-1-2-9(16-11)10-6-8(4-5-20-10)7-21(17,18)19/h1-3,8,10H,4-7H2,(H,17,18,19). The second kappa shape index (κ2) is 5.90. The molecule has 118 valence electrons. The molecule has 1 saturated heterocycles. The Bertz CT molecular complexity index is 603. The first-order chi connectivity index (χ1) is 9.65. The maximum atomic E-state index is 12.6. The average molecular weight is 325 g/mol. The number of rotatable bonds is 3. The third kappa shape index (κ3) is 4.65. The second-order valence-electron chi connectivity index (χ2n) is 4.94. The van der Waals surface area contributed by atoms with Gasteiger partial charge in [0.25, 0.3) is 10.1 Å². The Balaban J connectivity index is 2.15. The molecule has 21 heavy (non-hydrogen) atoms. The highest BCUT2D eigenvalue weighted by Crippen LogP contribution is 2.33. The summed E-state index contributed by atoms with van der Waals surface area (Å²) in [6.45, 7) is 0.211. The molecule has 1 aromatic heterocycles. The van der Waals surface area contributed by atoms with E-state index in [-0.39, 0.29) is 24.6 Å². The van der Waals surface area contributed by atoms with E-state index in [9.17, 15) is 21.6 Å². The first-order valence-electron chi connectivity index (χ1n) is 6.26. The van der Waals surface area contributed by atoms with Gasteiger partial charge in [-0.3, -0.25) is 4.55 Å². The molecule has 0 bridgehead atoms. The lowest BCUT2D eigenvalue weighted by molar-refractivity contribution is -0.141. The van der Waals surface area contributed by atoms with Crippen LogP contribution in [0.3, 0.4) is 0 Å². The van der Waals surface area contributed by atoms with Crippen LogP contribution in [0, 0.1) is 5.92 Å². The summed E-state index contributed by atoms with van der Waals surface area (Å²) in [4.78, 5) is 3.54. The zero-order chi connectivity index (χ0) is 15.7. The van der Waals surface area contributed by atoms with E-state index < -0.39 is 33.8 Å². The van der Waals surface area contributed by atoms with Crippen molar-refractivity contribution in [2.24, 2.45) is 5.92 Å². The van der Waals surface area contributed by atoms with Crippen molar-refractivity contribution < 1.29 is 30.9 Å². The van der Waals surface area contributed by atoms with Crippen LogP contribution < -0.4 is 0 Å². The summed E-state index contributed by atoms with van der Waals surface area (Å²) >= 11 is 0. The zero-order valence-corrected chi connectivity index (χ0v) is 11.7. The summed E-state index contributed by atoms with van der Waals surface area (Å²) < 4.78 is 73.8. The molecule has 0 spiro atoms. The molecule has 0 saturated carbocycles.